The highest BCUT2D eigenvalue weighted by Gasteiger charge is 2.20. The van der Waals surface area contributed by atoms with Crippen LogP contribution in [0.4, 0.5) is 0 Å². The van der Waals surface area contributed by atoms with Crippen molar-refractivity contribution in [3.63, 3.8) is 0 Å². The second-order valence-electron chi connectivity index (χ2n) is 5.65. The summed E-state index contributed by atoms with van der Waals surface area (Å²) in [5, 5.41) is 20.7. The van der Waals surface area contributed by atoms with Crippen LogP contribution in [0.3, 0.4) is 0 Å². The van der Waals surface area contributed by atoms with Crippen molar-refractivity contribution in [1.29, 1.82) is 0 Å². The molecular formula is C19H19NO5. The van der Waals surface area contributed by atoms with Crippen molar-refractivity contribution in [3.05, 3.63) is 71.3 Å². The van der Waals surface area contributed by atoms with E-state index in [0.29, 0.717) is 12.0 Å². The number of benzene rings is 2. The van der Waals surface area contributed by atoms with E-state index in [1.807, 2.05) is 30.3 Å². The van der Waals surface area contributed by atoms with Crippen LogP contribution < -0.4 is 5.32 Å². The molecule has 1 amide bonds. The first-order chi connectivity index (χ1) is 12.0. The van der Waals surface area contributed by atoms with Gasteiger partial charge in [0, 0.05) is 12.8 Å². The molecule has 130 valence electrons. The number of aliphatic carboxylic acids is 1. The van der Waals surface area contributed by atoms with E-state index in [2.05, 4.69) is 5.32 Å². The zero-order valence-corrected chi connectivity index (χ0v) is 13.5. The number of hydrogen-bond donors (Lipinski definition) is 3. The number of rotatable bonds is 8. The highest BCUT2D eigenvalue weighted by molar-refractivity contribution is 5.87. The summed E-state index contributed by atoms with van der Waals surface area (Å²) in [6, 6.07) is 14.3. The molecule has 6 nitrogen and oxygen atoms in total. The van der Waals surface area contributed by atoms with E-state index < -0.39 is 18.0 Å². The molecule has 2 rings (SSSR count). The van der Waals surface area contributed by atoms with Gasteiger partial charge in [0.05, 0.1) is 5.56 Å². The molecule has 0 spiro atoms. The minimum Gasteiger partial charge on any atom is -0.480 e. The lowest BCUT2D eigenvalue weighted by Gasteiger charge is -2.15. The Morgan fingerprint density at radius 3 is 2.08 bits per heavy atom. The van der Waals surface area contributed by atoms with Crippen LogP contribution in [0, 0.1) is 0 Å². The molecule has 0 unspecified atom stereocenters. The normalized spacial score (nSPS) is 11.5. The van der Waals surface area contributed by atoms with Crippen molar-refractivity contribution in [2.24, 2.45) is 0 Å². The number of carbonyl (C=O) groups is 3. The molecule has 0 bridgehead atoms. The Hall–Kier alpha value is -3.15. The van der Waals surface area contributed by atoms with Gasteiger partial charge in [-0.25, -0.2) is 9.59 Å². The molecule has 0 radical (unpaired) electrons. The first-order valence-corrected chi connectivity index (χ1v) is 7.84. The first kappa shape index (κ1) is 18.2. The standard InChI is InChI=1S/C19H19NO5/c21-17(11-8-13-4-2-1-3-5-13)20-16(19(24)25)12-14-6-9-15(10-7-14)18(22)23/h1-7,9-10,16H,8,11-12H2,(H,20,21)(H,22,23)(H,24,25)/t16-/m0/s1. The SMILES string of the molecule is O=C(CCc1ccccc1)N[C@@H](Cc1ccc(C(=O)O)cc1)C(=O)O. The number of aryl methyl sites for hydroxylation is 1. The van der Waals surface area contributed by atoms with E-state index >= 15 is 0 Å². The molecule has 0 aromatic heterocycles. The van der Waals surface area contributed by atoms with Gasteiger partial charge in [0.2, 0.25) is 5.91 Å². The molecule has 0 aliphatic rings. The Bertz CT molecular complexity index is 740. The summed E-state index contributed by atoms with van der Waals surface area (Å²) in [5.74, 6) is -2.51. The highest BCUT2D eigenvalue weighted by atomic mass is 16.4. The number of carboxylic acids is 2. The average Bonchev–Trinajstić information content (AvgIpc) is 2.60. The average molecular weight is 341 g/mol. The Kier molecular flexibility index (Phi) is 6.28. The van der Waals surface area contributed by atoms with Crippen molar-refractivity contribution in [2.45, 2.75) is 25.3 Å². The van der Waals surface area contributed by atoms with E-state index in [0.717, 1.165) is 5.56 Å². The van der Waals surface area contributed by atoms with Crippen LogP contribution in [-0.2, 0) is 22.4 Å². The zero-order chi connectivity index (χ0) is 18.2. The topological polar surface area (TPSA) is 104 Å². The number of aromatic carboxylic acids is 1. The van der Waals surface area contributed by atoms with Crippen LogP contribution in [0.5, 0.6) is 0 Å². The number of amides is 1. The third-order valence-corrected chi connectivity index (χ3v) is 3.76. The van der Waals surface area contributed by atoms with E-state index in [-0.39, 0.29) is 24.3 Å². The molecular weight excluding hydrogens is 322 g/mol. The van der Waals surface area contributed by atoms with Crippen LogP contribution >= 0.6 is 0 Å². The summed E-state index contributed by atoms with van der Waals surface area (Å²) < 4.78 is 0. The van der Waals surface area contributed by atoms with Gasteiger partial charge in [-0.1, -0.05) is 42.5 Å². The fraction of sp³-hybridized carbons (Fsp3) is 0.211. The van der Waals surface area contributed by atoms with Gasteiger partial charge in [-0.05, 0) is 29.7 Å². The molecule has 0 saturated carbocycles. The molecule has 3 N–H and O–H groups in total. The van der Waals surface area contributed by atoms with Crippen LogP contribution in [-0.4, -0.2) is 34.1 Å². The van der Waals surface area contributed by atoms with Crippen LogP contribution in [0.15, 0.2) is 54.6 Å². The minimum atomic E-state index is -1.13. The van der Waals surface area contributed by atoms with E-state index in [1.165, 1.54) is 12.1 Å². The molecule has 0 aliphatic heterocycles. The third-order valence-electron chi connectivity index (χ3n) is 3.76. The van der Waals surface area contributed by atoms with Gasteiger partial charge in [-0.3, -0.25) is 4.79 Å². The largest absolute Gasteiger partial charge is 0.480 e. The number of hydrogen-bond acceptors (Lipinski definition) is 3. The van der Waals surface area contributed by atoms with Crippen molar-refractivity contribution >= 4 is 17.8 Å². The molecule has 2 aromatic rings. The minimum absolute atomic E-state index is 0.0896. The van der Waals surface area contributed by atoms with Crippen molar-refractivity contribution in [2.75, 3.05) is 0 Å². The second-order valence-corrected chi connectivity index (χ2v) is 5.65. The van der Waals surface area contributed by atoms with Crippen molar-refractivity contribution < 1.29 is 24.6 Å². The number of carboxylic acid groups (broad SMARTS) is 2. The first-order valence-electron chi connectivity index (χ1n) is 7.84. The predicted octanol–water partition coefficient (Wildman–Crippen LogP) is 2.13. The van der Waals surface area contributed by atoms with E-state index in [4.69, 9.17) is 5.11 Å². The second kappa shape index (κ2) is 8.63. The fourth-order valence-corrected chi connectivity index (χ4v) is 2.39. The van der Waals surface area contributed by atoms with Crippen molar-refractivity contribution in [1.82, 2.24) is 5.32 Å². The maximum absolute atomic E-state index is 12.0. The maximum atomic E-state index is 12.0. The third kappa shape index (κ3) is 5.76. The summed E-state index contributed by atoms with van der Waals surface area (Å²) in [6.45, 7) is 0. The number of carbonyl (C=O) groups excluding carboxylic acids is 1. The van der Waals surface area contributed by atoms with Crippen LogP contribution in [0.25, 0.3) is 0 Å². The lowest BCUT2D eigenvalue weighted by molar-refractivity contribution is -0.141. The predicted molar refractivity (Wildman–Crippen MR) is 91.4 cm³/mol. The molecule has 0 aliphatic carbocycles. The molecule has 2 aromatic carbocycles. The van der Waals surface area contributed by atoms with Gasteiger partial charge < -0.3 is 15.5 Å². The summed E-state index contributed by atoms with van der Waals surface area (Å²) in [7, 11) is 0. The lowest BCUT2D eigenvalue weighted by Crippen LogP contribution is -2.42. The summed E-state index contributed by atoms with van der Waals surface area (Å²) in [5.41, 5.74) is 1.78. The molecule has 6 heteroatoms. The van der Waals surface area contributed by atoms with E-state index in [9.17, 15) is 19.5 Å². The molecule has 0 fully saturated rings. The lowest BCUT2D eigenvalue weighted by atomic mass is 10.0. The summed E-state index contributed by atoms with van der Waals surface area (Å²) in [4.78, 5) is 34.2. The zero-order valence-electron chi connectivity index (χ0n) is 13.5. The maximum Gasteiger partial charge on any atom is 0.335 e. The highest BCUT2D eigenvalue weighted by Crippen LogP contribution is 2.08. The molecule has 0 heterocycles. The van der Waals surface area contributed by atoms with Gasteiger partial charge in [0.25, 0.3) is 0 Å². The van der Waals surface area contributed by atoms with Crippen LogP contribution in [0.1, 0.15) is 27.9 Å². The van der Waals surface area contributed by atoms with Crippen LogP contribution in [0.2, 0.25) is 0 Å². The number of nitrogens with one attached hydrogen (secondary N) is 1. The molecule has 25 heavy (non-hydrogen) atoms. The van der Waals surface area contributed by atoms with Gasteiger partial charge in [-0.2, -0.15) is 0 Å². The van der Waals surface area contributed by atoms with Gasteiger partial charge >= 0.3 is 11.9 Å². The summed E-state index contributed by atoms with van der Waals surface area (Å²) in [6.07, 6.45) is 0.824. The monoisotopic (exact) mass is 341 g/mol. The Balaban J connectivity index is 1.92. The quantitative estimate of drug-likeness (QED) is 0.682. The Morgan fingerprint density at radius 1 is 0.880 bits per heavy atom. The smallest absolute Gasteiger partial charge is 0.335 e. The van der Waals surface area contributed by atoms with Gasteiger partial charge in [0.15, 0.2) is 0 Å². The molecule has 0 saturated heterocycles. The van der Waals surface area contributed by atoms with E-state index in [1.54, 1.807) is 12.1 Å². The van der Waals surface area contributed by atoms with Gasteiger partial charge in [0.1, 0.15) is 6.04 Å². The fourth-order valence-electron chi connectivity index (χ4n) is 2.39. The Labute approximate surface area is 145 Å². The Morgan fingerprint density at radius 2 is 1.52 bits per heavy atom. The summed E-state index contributed by atoms with van der Waals surface area (Å²) >= 11 is 0. The van der Waals surface area contributed by atoms with Crippen molar-refractivity contribution in [3.8, 4) is 0 Å². The molecule has 1 atom stereocenters. The van der Waals surface area contributed by atoms with Gasteiger partial charge in [-0.15, -0.1) is 0 Å².